The fraction of sp³-hybridized carbons (Fsp3) is 0.228. The number of carbonyl (C=O) groups excluding carboxylic acids is 6. The van der Waals surface area contributed by atoms with Gasteiger partial charge in [-0.05, 0) is 251 Å². The van der Waals surface area contributed by atoms with Crippen LogP contribution in [0.2, 0.25) is 0 Å². The molecular weight excluding hydrogens is 1580 g/mol. The van der Waals surface area contributed by atoms with Gasteiger partial charge in [0.2, 0.25) is 0 Å². The molecule has 654 valence electrons. The summed E-state index contributed by atoms with van der Waals surface area (Å²) in [6, 6.07) is 84.1. The van der Waals surface area contributed by atoms with E-state index in [0.29, 0.717) is 86.8 Å². The summed E-state index contributed by atoms with van der Waals surface area (Å²) in [4.78, 5) is 71.4. The van der Waals surface area contributed by atoms with E-state index in [1.54, 1.807) is 63.8 Å². The average Bonchev–Trinajstić information content (AvgIpc) is 0.471. The van der Waals surface area contributed by atoms with Crippen molar-refractivity contribution in [3.8, 4) is 23.0 Å². The van der Waals surface area contributed by atoms with Gasteiger partial charge in [0.25, 0.3) is 0 Å². The van der Waals surface area contributed by atoms with Gasteiger partial charge in [-0.15, -0.1) is 0 Å². The van der Waals surface area contributed by atoms with Crippen molar-refractivity contribution in [3.05, 3.63) is 336 Å². The number of hydrogen-bond donors (Lipinski definition) is 12. The van der Waals surface area contributed by atoms with Crippen molar-refractivity contribution in [2.24, 2.45) is 0 Å². The largest absolute Gasteiger partial charge is 0.497 e. The average molecular weight is 1700 g/mol. The number of urea groups is 6. The molecule has 12 amide bonds. The Labute approximate surface area is 733 Å². The summed E-state index contributed by atoms with van der Waals surface area (Å²) in [5.41, 5.74) is 16.8. The lowest BCUT2D eigenvalue weighted by Gasteiger charge is -2.11. The van der Waals surface area contributed by atoms with Gasteiger partial charge in [-0.3, -0.25) is 0 Å². The molecule has 0 heterocycles. The fourth-order valence-corrected chi connectivity index (χ4v) is 11.6. The molecule has 0 saturated carbocycles. The number of benzene rings is 12. The molecule has 125 heavy (non-hydrogen) atoms. The topological polar surface area (TPSA) is 284 Å². The highest BCUT2D eigenvalue weighted by molar-refractivity contribution is 6.03. The van der Waals surface area contributed by atoms with Crippen LogP contribution >= 0.6 is 0 Å². The van der Waals surface area contributed by atoms with Crippen LogP contribution in [0.25, 0.3) is 0 Å². The molecule has 0 aliphatic rings. The van der Waals surface area contributed by atoms with Crippen molar-refractivity contribution in [3.63, 3.8) is 0 Å². The highest BCUT2D eigenvalue weighted by Gasteiger charge is 2.14. The second-order valence-corrected chi connectivity index (χ2v) is 30.5. The van der Waals surface area contributed by atoms with Gasteiger partial charge in [-0.2, -0.15) is 0 Å². The van der Waals surface area contributed by atoms with Gasteiger partial charge in [-0.1, -0.05) is 186 Å². The quantitative estimate of drug-likeness (QED) is 0.0305. The van der Waals surface area contributed by atoms with Gasteiger partial charge in [0.05, 0.1) is 34.1 Å². The monoisotopic (exact) mass is 1690 g/mol. The number of aryl methyl sites for hydroxylation is 1. The molecule has 0 aromatic heterocycles. The Morgan fingerprint density at radius 2 is 0.488 bits per heavy atom. The third kappa shape index (κ3) is 35.1. The van der Waals surface area contributed by atoms with E-state index in [0.717, 1.165) is 39.7 Å². The van der Waals surface area contributed by atoms with Gasteiger partial charge >= 0.3 is 36.2 Å². The number of amides is 12. The zero-order valence-corrected chi connectivity index (χ0v) is 73.9. The molecule has 0 spiro atoms. The van der Waals surface area contributed by atoms with Gasteiger partial charge in [-0.25, -0.2) is 37.5 Å². The number of ether oxygens (including phenoxy) is 4. The van der Waals surface area contributed by atoms with Crippen molar-refractivity contribution < 1.29 is 56.5 Å². The number of methoxy groups -OCH3 is 4. The Morgan fingerprint density at radius 3 is 0.784 bits per heavy atom. The molecular formula is C101H116F2N12O10. The number of para-hydroxylation sites is 2. The maximum atomic E-state index is 13.3. The van der Waals surface area contributed by atoms with Crippen molar-refractivity contribution >= 4 is 104 Å². The zero-order valence-electron chi connectivity index (χ0n) is 73.9. The summed E-state index contributed by atoms with van der Waals surface area (Å²) < 4.78 is 46.3. The lowest BCUT2D eigenvalue weighted by Crippen LogP contribution is -2.19. The summed E-state index contributed by atoms with van der Waals surface area (Å²) in [6.07, 6.45) is 0. The van der Waals surface area contributed by atoms with E-state index in [4.69, 9.17) is 18.9 Å². The molecule has 0 unspecified atom stereocenters. The van der Waals surface area contributed by atoms with Crippen LogP contribution in [0.1, 0.15) is 158 Å². The van der Waals surface area contributed by atoms with Crippen molar-refractivity contribution in [1.29, 1.82) is 0 Å². The molecule has 0 aliphatic carbocycles. The smallest absolute Gasteiger partial charge is 0.323 e. The first-order valence-electron chi connectivity index (χ1n) is 41.0. The lowest BCUT2D eigenvalue weighted by atomic mass is 10.0. The van der Waals surface area contributed by atoms with E-state index in [-0.39, 0.29) is 41.7 Å². The molecule has 12 aromatic carbocycles. The van der Waals surface area contributed by atoms with Crippen LogP contribution in [0.4, 0.5) is 106 Å². The molecule has 22 nitrogen and oxygen atoms in total. The molecule has 0 saturated heterocycles. The minimum absolute atomic E-state index is 0.0825. The minimum Gasteiger partial charge on any atom is -0.497 e. The summed E-state index contributed by atoms with van der Waals surface area (Å²) in [5, 5.41) is 33.1. The van der Waals surface area contributed by atoms with Gasteiger partial charge < -0.3 is 82.7 Å². The predicted octanol–water partition coefficient (Wildman–Crippen LogP) is 27.3. The van der Waals surface area contributed by atoms with E-state index in [1.165, 1.54) is 83.0 Å². The lowest BCUT2D eigenvalue weighted by molar-refractivity contribution is 0.261. The molecule has 0 atom stereocenters. The predicted molar refractivity (Wildman–Crippen MR) is 509 cm³/mol. The number of rotatable bonds is 22. The number of carbonyl (C=O) groups is 6. The molecule has 12 N–H and O–H groups in total. The number of halogens is 2. The highest BCUT2D eigenvalue weighted by atomic mass is 19.1. The number of nitrogens with one attached hydrogen (secondary N) is 12. The Hall–Kier alpha value is -14.7. The van der Waals surface area contributed by atoms with Crippen LogP contribution in [0.15, 0.2) is 285 Å². The molecule has 0 bridgehead atoms. The molecule has 12 aromatic rings. The summed E-state index contributed by atoms with van der Waals surface area (Å²) in [7, 11) is 6.15. The second-order valence-electron chi connectivity index (χ2n) is 30.5. The Bertz CT molecular complexity index is 5350. The number of hydrogen-bond acceptors (Lipinski definition) is 10. The van der Waals surface area contributed by atoms with Crippen LogP contribution in [-0.2, 0) is 0 Å². The van der Waals surface area contributed by atoms with Crippen LogP contribution < -0.4 is 82.7 Å². The second kappa shape index (κ2) is 50.5. The van der Waals surface area contributed by atoms with Crippen LogP contribution in [0.3, 0.4) is 0 Å². The first kappa shape index (κ1) is 97.4. The summed E-state index contributed by atoms with van der Waals surface area (Å²) >= 11 is 0. The van der Waals surface area contributed by atoms with Crippen molar-refractivity contribution in [2.45, 2.75) is 126 Å². The molecule has 24 heteroatoms. The standard InChI is InChI=1S/C17H19FN2O2.3C17H20N2O2.C17H20N2O.C16H17FN2O/c1-11(2)12-4-6-13(7-5-12)19-17(21)20-14-8-9-15(18)16(10-14)22-3;1-12(2)13-4-6-14(7-5-13)18-17(20)19-15-8-10-16(21-3)11-9-15;1-12(2)13-7-9-14(10-8-13)18-17(20)19-15-5-4-6-16(11-15)21-3;1-12(2)13-8-10-14(11-9-13)18-17(20)19-15-6-4-5-7-16(15)21-3;1-12(2)14-7-9-15(10-8-14)18-17(20)19-16-6-4-5-13(3)11-16;1-11(2)12-3-7-14(8-4-12)18-16(20)19-15-9-5-13(17)6-10-15/h4-11H,1-3H3,(H2,19,20,21);3*4-12H,1-3H3,(H2,18,19,20);4-12H,1-3H3,(H2,18,19,20);3-11H,1-2H3,(H2,18,19,20). The molecule has 0 aliphatic heterocycles. The van der Waals surface area contributed by atoms with Crippen LogP contribution in [-0.4, -0.2) is 64.6 Å². The van der Waals surface area contributed by atoms with Crippen molar-refractivity contribution in [2.75, 3.05) is 92.2 Å². The maximum absolute atomic E-state index is 13.3. The van der Waals surface area contributed by atoms with Gasteiger partial charge in [0, 0.05) is 74.7 Å². The summed E-state index contributed by atoms with van der Waals surface area (Å²) in [6.45, 7) is 27.6. The molecule has 12 rings (SSSR count). The Kier molecular flexibility index (Phi) is 39.4. The maximum Gasteiger partial charge on any atom is 0.323 e. The number of anilines is 12. The van der Waals surface area contributed by atoms with E-state index >= 15 is 0 Å². The normalized spacial score (nSPS) is 10.3. The molecule has 0 radical (unpaired) electrons. The first-order chi connectivity index (χ1) is 59.8. The van der Waals surface area contributed by atoms with Crippen LogP contribution in [0.5, 0.6) is 23.0 Å². The van der Waals surface area contributed by atoms with Crippen LogP contribution in [0, 0.1) is 18.6 Å². The summed E-state index contributed by atoms with van der Waals surface area (Å²) in [5.74, 6) is 4.18. The van der Waals surface area contributed by atoms with E-state index < -0.39 is 11.8 Å². The van der Waals surface area contributed by atoms with Gasteiger partial charge in [0.15, 0.2) is 11.6 Å². The van der Waals surface area contributed by atoms with Crippen molar-refractivity contribution in [1.82, 2.24) is 0 Å². The Morgan fingerprint density at radius 1 is 0.232 bits per heavy atom. The third-order valence-electron chi connectivity index (χ3n) is 18.8. The SMILES string of the molecule is CC(C)c1ccc(NC(=O)Nc2ccc(F)cc2)cc1.COc1cc(NC(=O)Nc2ccc(C(C)C)cc2)ccc1F.COc1ccc(NC(=O)Nc2ccc(C(C)C)cc2)cc1.COc1cccc(NC(=O)Nc2ccc(C(C)C)cc2)c1.COc1ccccc1NC(=O)Nc1ccc(C(C)C)cc1.Cc1cccc(NC(=O)Nc2ccc(C(C)C)cc2)c1. The Balaban J connectivity index is 0.000000206. The van der Waals surface area contributed by atoms with E-state index in [1.807, 2.05) is 207 Å². The van der Waals surface area contributed by atoms with E-state index in [9.17, 15) is 37.5 Å². The third-order valence-corrected chi connectivity index (χ3v) is 18.8. The zero-order chi connectivity index (χ0) is 90.9. The minimum atomic E-state index is -0.474. The van der Waals surface area contributed by atoms with E-state index in [2.05, 4.69) is 147 Å². The molecule has 0 fully saturated rings. The van der Waals surface area contributed by atoms with Gasteiger partial charge in [0.1, 0.15) is 23.1 Å². The highest BCUT2D eigenvalue weighted by Crippen LogP contribution is 2.29. The fourth-order valence-electron chi connectivity index (χ4n) is 11.6. The first-order valence-corrected chi connectivity index (χ1v) is 41.0.